The molecule has 21 heavy (non-hydrogen) atoms. The quantitative estimate of drug-likeness (QED) is 0.723. The van der Waals surface area contributed by atoms with Crippen molar-refractivity contribution < 1.29 is 19.1 Å². The number of nitrogens with two attached hydrogens (primary N) is 1. The van der Waals surface area contributed by atoms with Crippen molar-refractivity contribution in [2.24, 2.45) is 11.7 Å². The zero-order chi connectivity index (χ0) is 15.8. The second-order valence-corrected chi connectivity index (χ2v) is 6.98. The van der Waals surface area contributed by atoms with E-state index in [0.717, 1.165) is 0 Å². The average Bonchev–Trinajstić information content (AvgIpc) is 2.67. The first-order valence-corrected chi connectivity index (χ1v) is 7.11. The van der Waals surface area contributed by atoms with Crippen LogP contribution in [0.1, 0.15) is 33.6 Å². The van der Waals surface area contributed by atoms with E-state index in [1.54, 1.807) is 4.90 Å². The van der Waals surface area contributed by atoms with E-state index >= 15 is 0 Å². The number of carbonyl (C=O) groups is 3. The highest BCUT2D eigenvalue weighted by Gasteiger charge is 2.45. The van der Waals surface area contributed by atoms with Gasteiger partial charge in [0.25, 0.3) is 0 Å². The summed E-state index contributed by atoms with van der Waals surface area (Å²) in [5, 5.41) is 2.85. The summed E-state index contributed by atoms with van der Waals surface area (Å²) in [6.07, 6.45) is 0.263. The van der Waals surface area contributed by atoms with Crippen LogP contribution in [0.3, 0.4) is 0 Å². The van der Waals surface area contributed by atoms with Gasteiger partial charge in [0.05, 0.1) is 31.1 Å². The molecule has 0 aromatic heterocycles. The highest BCUT2D eigenvalue weighted by Crippen LogP contribution is 2.28. The van der Waals surface area contributed by atoms with Gasteiger partial charge >= 0.3 is 0 Å². The monoisotopic (exact) mass is 297 g/mol. The number of ether oxygens (including phenoxy) is 1. The van der Waals surface area contributed by atoms with Crippen LogP contribution >= 0.6 is 0 Å². The number of likely N-dealkylation sites (tertiary alicyclic amines) is 1. The predicted octanol–water partition coefficient (Wildman–Crippen LogP) is -0.606. The lowest BCUT2D eigenvalue weighted by atomic mass is 9.91. The molecule has 1 atom stereocenters. The fourth-order valence-corrected chi connectivity index (χ4v) is 2.80. The molecule has 0 spiro atoms. The van der Waals surface area contributed by atoms with Crippen molar-refractivity contribution in [1.29, 1.82) is 0 Å². The van der Waals surface area contributed by atoms with Crippen LogP contribution in [-0.4, -0.2) is 53.5 Å². The van der Waals surface area contributed by atoms with Crippen molar-refractivity contribution in [2.45, 2.75) is 44.7 Å². The molecule has 2 fully saturated rings. The molecule has 0 saturated carbocycles. The fourth-order valence-electron chi connectivity index (χ4n) is 2.80. The maximum absolute atomic E-state index is 12.4. The van der Waals surface area contributed by atoms with Crippen LogP contribution < -0.4 is 11.1 Å². The summed E-state index contributed by atoms with van der Waals surface area (Å²) in [5.74, 6) is -1.09. The Morgan fingerprint density at radius 3 is 2.43 bits per heavy atom. The molecule has 0 aromatic carbocycles. The van der Waals surface area contributed by atoms with Gasteiger partial charge in [-0.2, -0.15) is 0 Å². The van der Waals surface area contributed by atoms with Gasteiger partial charge in [0, 0.05) is 18.5 Å². The number of amides is 3. The molecule has 3 N–H and O–H groups in total. The van der Waals surface area contributed by atoms with Crippen LogP contribution in [0.25, 0.3) is 0 Å². The van der Waals surface area contributed by atoms with Gasteiger partial charge in [0.2, 0.25) is 17.7 Å². The second kappa shape index (κ2) is 5.29. The first kappa shape index (κ1) is 15.8. The van der Waals surface area contributed by atoms with E-state index in [1.807, 2.05) is 20.8 Å². The summed E-state index contributed by atoms with van der Waals surface area (Å²) in [4.78, 5) is 37.2. The molecule has 0 radical (unpaired) electrons. The lowest BCUT2D eigenvalue weighted by molar-refractivity contribution is -0.141. The minimum atomic E-state index is -0.693. The van der Waals surface area contributed by atoms with Crippen molar-refractivity contribution in [3.8, 4) is 0 Å². The third-order valence-corrected chi connectivity index (χ3v) is 3.96. The van der Waals surface area contributed by atoms with Crippen LogP contribution in [0.5, 0.6) is 0 Å². The topological polar surface area (TPSA) is 102 Å². The van der Waals surface area contributed by atoms with Gasteiger partial charge in [-0.1, -0.05) is 0 Å². The third kappa shape index (κ3) is 3.34. The number of rotatable bonds is 4. The summed E-state index contributed by atoms with van der Waals surface area (Å²) >= 11 is 0. The maximum atomic E-state index is 12.4. The highest BCUT2D eigenvalue weighted by molar-refractivity contribution is 5.90. The lowest BCUT2D eigenvalue weighted by Gasteiger charge is -2.41. The zero-order valence-electron chi connectivity index (χ0n) is 12.8. The summed E-state index contributed by atoms with van der Waals surface area (Å²) in [6.45, 7) is 6.80. The van der Waals surface area contributed by atoms with Gasteiger partial charge in [-0.05, 0) is 20.8 Å². The van der Waals surface area contributed by atoms with E-state index in [2.05, 4.69) is 5.32 Å². The van der Waals surface area contributed by atoms with Gasteiger partial charge < -0.3 is 20.7 Å². The number of hydrogen-bond acceptors (Lipinski definition) is 4. The molecule has 3 amide bonds. The first-order valence-electron chi connectivity index (χ1n) is 7.11. The Labute approximate surface area is 124 Å². The standard InChI is InChI=1S/C14H23N3O4/c1-13(2,3)17-6-9(4-11(17)19)12(20)16-14(5-10(15)18)7-21-8-14/h9H,4-8H2,1-3H3,(H2,15,18)(H,16,20). The van der Waals surface area contributed by atoms with Crippen molar-refractivity contribution in [2.75, 3.05) is 19.8 Å². The number of nitrogens with one attached hydrogen (secondary N) is 1. The Hall–Kier alpha value is -1.63. The number of primary amides is 1. The van der Waals surface area contributed by atoms with Crippen molar-refractivity contribution in [1.82, 2.24) is 10.2 Å². The van der Waals surface area contributed by atoms with Crippen LogP contribution in [0.2, 0.25) is 0 Å². The van der Waals surface area contributed by atoms with E-state index in [0.29, 0.717) is 6.54 Å². The van der Waals surface area contributed by atoms with E-state index < -0.39 is 11.4 Å². The van der Waals surface area contributed by atoms with Crippen molar-refractivity contribution in [3.05, 3.63) is 0 Å². The molecular formula is C14H23N3O4. The summed E-state index contributed by atoms with van der Waals surface area (Å²) in [7, 11) is 0. The van der Waals surface area contributed by atoms with Gasteiger partial charge in [-0.25, -0.2) is 0 Å². The largest absolute Gasteiger partial charge is 0.376 e. The Morgan fingerprint density at radius 1 is 1.43 bits per heavy atom. The zero-order valence-corrected chi connectivity index (χ0v) is 12.8. The molecule has 1 unspecified atom stereocenters. The molecule has 2 saturated heterocycles. The third-order valence-electron chi connectivity index (χ3n) is 3.96. The molecule has 0 aliphatic carbocycles. The van der Waals surface area contributed by atoms with E-state index in [4.69, 9.17) is 10.5 Å². The van der Waals surface area contributed by atoms with Crippen molar-refractivity contribution in [3.63, 3.8) is 0 Å². The van der Waals surface area contributed by atoms with Crippen molar-refractivity contribution >= 4 is 17.7 Å². The SMILES string of the molecule is CC(C)(C)N1CC(C(=O)NC2(CC(N)=O)COC2)CC1=O. The van der Waals surface area contributed by atoms with E-state index in [-0.39, 0.29) is 49.3 Å². The number of carbonyl (C=O) groups excluding carboxylic acids is 3. The van der Waals surface area contributed by atoms with Gasteiger partial charge in [-0.15, -0.1) is 0 Å². The van der Waals surface area contributed by atoms with Gasteiger partial charge in [0.1, 0.15) is 0 Å². The van der Waals surface area contributed by atoms with Gasteiger partial charge in [0.15, 0.2) is 0 Å². The average molecular weight is 297 g/mol. The second-order valence-electron chi connectivity index (χ2n) is 6.98. The number of hydrogen-bond donors (Lipinski definition) is 2. The van der Waals surface area contributed by atoms with Crippen LogP contribution in [0.15, 0.2) is 0 Å². The Kier molecular flexibility index (Phi) is 3.97. The Morgan fingerprint density at radius 2 is 2.05 bits per heavy atom. The Bertz CT molecular complexity index is 465. The minimum Gasteiger partial charge on any atom is -0.376 e. The smallest absolute Gasteiger partial charge is 0.226 e. The minimum absolute atomic E-state index is 0.0172. The fraction of sp³-hybridized carbons (Fsp3) is 0.786. The van der Waals surface area contributed by atoms with Gasteiger partial charge in [-0.3, -0.25) is 14.4 Å². The molecule has 7 heteroatoms. The van der Waals surface area contributed by atoms with E-state index in [1.165, 1.54) is 0 Å². The molecule has 2 heterocycles. The maximum Gasteiger partial charge on any atom is 0.226 e. The summed E-state index contributed by atoms with van der Waals surface area (Å²) in [5.41, 5.74) is 4.22. The Balaban J connectivity index is 1.98. The summed E-state index contributed by atoms with van der Waals surface area (Å²) < 4.78 is 5.10. The molecule has 118 valence electrons. The molecular weight excluding hydrogens is 274 g/mol. The first-order chi connectivity index (χ1) is 9.63. The van der Waals surface area contributed by atoms with Crippen LogP contribution in [0, 0.1) is 5.92 Å². The predicted molar refractivity (Wildman–Crippen MR) is 75.1 cm³/mol. The molecule has 0 aromatic rings. The van der Waals surface area contributed by atoms with Crippen LogP contribution in [0.4, 0.5) is 0 Å². The summed E-state index contributed by atoms with van der Waals surface area (Å²) in [6, 6.07) is 0. The number of nitrogens with zero attached hydrogens (tertiary/aromatic N) is 1. The highest BCUT2D eigenvalue weighted by atomic mass is 16.5. The van der Waals surface area contributed by atoms with E-state index in [9.17, 15) is 14.4 Å². The lowest BCUT2D eigenvalue weighted by Crippen LogP contribution is -2.64. The molecule has 0 bridgehead atoms. The molecule has 7 nitrogen and oxygen atoms in total. The van der Waals surface area contributed by atoms with Crippen LogP contribution in [-0.2, 0) is 19.1 Å². The normalized spacial score (nSPS) is 24.6. The molecule has 2 rings (SSSR count). The molecule has 2 aliphatic heterocycles. The molecule has 2 aliphatic rings.